The predicted molar refractivity (Wildman–Crippen MR) is 129 cm³/mol. The maximum Gasteiger partial charge on any atom is 0.243 e. The molecule has 0 aromatic rings. The summed E-state index contributed by atoms with van der Waals surface area (Å²) >= 11 is 13.0. The molecule has 0 amide bonds. The molecule has 1 rings (SSSR count). The second kappa shape index (κ2) is 17.6. The third kappa shape index (κ3) is 12.9. The van der Waals surface area contributed by atoms with Gasteiger partial charge in [-0.25, -0.2) is 0 Å². The van der Waals surface area contributed by atoms with Crippen LogP contribution in [0.4, 0.5) is 0 Å². The van der Waals surface area contributed by atoms with Crippen LogP contribution >= 0.6 is 22.2 Å². The molecule has 27 heavy (non-hydrogen) atoms. The van der Waals surface area contributed by atoms with Crippen LogP contribution in [0.25, 0.3) is 0 Å². The third-order valence-electron chi connectivity index (χ3n) is 6.84. The van der Waals surface area contributed by atoms with Crippen molar-refractivity contribution in [1.29, 1.82) is 0 Å². The van der Waals surface area contributed by atoms with E-state index in [0.29, 0.717) is 5.04 Å². The highest BCUT2D eigenvalue weighted by atomic mass is 35.7. The SMILES string of the molecule is CCCCCCCCCCCCCCCCCCC1([SiH](Cl)Cl)CCCCC1. The third-order valence-corrected chi connectivity index (χ3v) is 11.4. The molecule has 0 atom stereocenters. The lowest BCUT2D eigenvalue weighted by Crippen LogP contribution is -2.27. The van der Waals surface area contributed by atoms with Crippen molar-refractivity contribution in [2.24, 2.45) is 0 Å². The first-order chi connectivity index (χ1) is 13.2. The summed E-state index contributed by atoms with van der Waals surface area (Å²) in [6.07, 6.45) is 31.1. The van der Waals surface area contributed by atoms with Crippen LogP contribution in [0.3, 0.4) is 0 Å². The summed E-state index contributed by atoms with van der Waals surface area (Å²) in [6, 6.07) is 0. The van der Waals surface area contributed by atoms with E-state index in [-0.39, 0.29) is 0 Å². The molecule has 0 spiro atoms. The Balaban J connectivity index is 1.82. The van der Waals surface area contributed by atoms with Crippen molar-refractivity contribution < 1.29 is 0 Å². The molecule has 1 aliphatic rings. The quantitative estimate of drug-likeness (QED) is 0.114. The molecule has 0 nitrogen and oxygen atoms in total. The highest BCUT2D eigenvalue weighted by molar-refractivity contribution is 7.35. The molecule has 1 aliphatic carbocycles. The van der Waals surface area contributed by atoms with E-state index in [4.69, 9.17) is 22.2 Å². The molecule has 162 valence electrons. The van der Waals surface area contributed by atoms with Crippen LogP contribution in [0, 0.1) is 0 Å². The minimum Gasteiger partial charge on any atom is -0.150 e. The Morgan fingerprint density at radius 2 is 0.926 bits per heavy atom. The Morgan fingerprint density at radius 1 is 0.556 bits per heavy atom. The van der Waals surface area contributed by atoms with Crippen LogP contribution in [0.2, 0.25) is 5.04 Å². The van der Waals surface area contributed by atoms with E-state index >= 15 is 0 Å². The topological polar surface area (TPSA) is 0 Å². The second-order valence-electron chi connectivity index (χ2n) is 9.28. The number of unbranched alkanes of at least 4 members (excludes halogenated alkanes) is 15. The summed E-state index contributed by atoms with van der Waals surface area (Å²) in [5.41, 5.74) is 0. The number of rotatable bonds is 18. The van der Waals surface area contributed by atoms with Gasteiger partial charge in [0.1, 0.15) is 0 Å². The normalized spacial score (nSPS) is 16.9. The maximum absolute atomic E-state index is 6.49. The van der Waals surface area contributed by atoms with Crippen LogP contribution in [0.1, 0.15) is 148 Å². The molecule has 1 saturated carbocycles. The molecule has 0 aromatic carbocycles. The molecule has 0 heterocycles. The molecule has 0 unspecified atom stereocenters. The lowest BCUT2D eigenvalue weighted by molar-refractivity contribution is 0.344. The van der Waals surface area contributed by atoms with Crippen LogP contribution < -0.4 is 0 Å². The van der Waals surface area contributed by atoms with Crippen LogP contribution in [0.5, 0.6) is 0 Å². The fourth-order valence-electron chi connectivity index (χ4n) is 4.86. The van der Waals surface area contributed by atoms with Gasteiger partial charge < -0.3 is 0 Å². The van der Waals surface area contributed by atoms with Crippen molar-refractivity contribution in [2.75, 3.05) is 0 Å². The standard InChI is InChI=1S/C24H48Cl2Si/c1-2-3-4-5-6-7-8-9-10-11-12-13-14-15-16-18-21-24(27(25)26)22-19-17-20-23-24/h27H,2-23H2,1H3. The van der Waals surface area contributed by atoms with Gasteiger partial charge in [0.05, 0.1) is 0 Å². The van der Waals surface area contributed by atoms with Crippen LogP contribution in [0.15, 0.2) is 0 Å². The van der Waals surface area contributed by atoms with Gasteiger partial charge in [0.15, 0.2) is 0 Å². The second-order valence-corrected chi connectivity index (χ2v) is 14.4. The van der Waals surface area contributed by atoms with Crippen molar-refractivity contribution in [2.45, 2.75) is 153 Å². The van der Waals surface area contributed by atoms with Gasteiger partial charge in [0.25, 0.3) is 0 Å². The maximum atomic E-state index is 6.49. The summed E-state index contributed by atoms with van der Waals surface area (Å²) in [7, 11) is -1.54. The van der Waals surface area contributed by atoms with Crippen molar-refractivity contribution >= 4 is 29.6 Å². The molecule has 3 heteroatoms. The van der Waals surface area contributed by atoms with E-state index in [1.54, 1.807) is 0 Å². The zero-order chi connectivity index (χ0) is 19.6. The summed E-state index contributed by atoms with van der Waals surface area (Å²) in [6.45, 7) is 2.30. The molecule has 0 N–H and O–H groups in total. The Bertz CT molecular complexity index is 314. The molecule has 0 bridgehead atoms. The predicted octanol–water partition coefficient (Wildman–Crippen LogP) is 10.0. The molecule has 0 radical (unpaired) electrons. The smallest absolute Gasteiger partial charge is 0.150 e. The van der Waals surface area contributed by atoms with Gasteiger partial charge in [0.2, 0.25) is 7.42 Å². The van der Waals surface area contributed by atoms with Crippen molar-refractivity contribution in [1.82, 2.24) is 0 Å². The van der Waals surface area contributed by atoms with E-state index in [9.17, 15) is 0 Å². The lowest BCUT2D eigenvalue weighted by atomic mass is 9.84. The molecule has 1 fully saturated rings. The highest BCUT2D eigenvalue weighted by Crippen LogP contribution is 2.51. The summed E-state index contributed by atoms with van der Waals surface area (Å²) in [5.74, 6) is 0. The van der Waals surface area contributed by atoms with E-state index in [2.05, 4.69) is 6.92 Å². The first kappa shape index (κ1) is 25.8. The van der Waals surface area contributed by atoms with Gasteiger partial charge in [-0.1, -0.05) is 129 Å². The first-order valence-corrected chi connectivity index (χ1v) is 16.6. The Morgan fingerprint density at radius 3 is 1.30 bits per heavy atom. The summed E-state index contributed by atoms with van der Waals surface area (Å²) in [5, 5.41) is 0.386. The Labute approximate surface area is 182 Å². The molecule has 0 aliphatic heterocycles. The minimum atomic E-state index is -1.54. The van der Waals surface area contributed by atoms with Crippen molar-refractivity contribution in [3.8, 4) is 0 Å². The Hall–Kier alpha value is 0.797. The summed E-state index contributed by atoms with van der Waals surface area (Å²) in [4.78, 5) is 0. The monoisotopic (exact) mass is 434 g/mol. The first-order valence-electron chi connectivity index (χ1n) is 12.5. The van der Waals surface area contributed by atoms with Gasteiger partial charge >= 0.3 is 0 Å². The van der Waals surface area contributed by atoms with E-state index in [0.717, 1.165) is 0 Å². The molecule has 0 aromatic heterocycles. The number of halogens is 2. The van der Waals surface area contributed by atoms with Gasteiger partial charge in [-0.3, -0.25) is 0 Å². The van der Waals surface area contributed by atoms with Gasteiger partial charge in [-0.15, -0.1) is 22.2 Å². The van der Waals surface area contributed by atoms with Crippen LogP contribution in [-0.4, -0.2) is 7.42 Å². The fraction of sp³-hybridized carbons (Fsp3) is 1.00. The van der Waals surface area contributed by atoms with Crippen molar-refractivity contribution in [3.63, 3.8) is 0 Å². The Kier molecular flexibility index (Phi) is 16.9. The minimum absolute atomic E-state index is 0.386. The fourth-order valence-corrected chi connectivity index (χ4v) is 8.09. The van der Waals surface area contributed by atoms with E-state index in [1.165, 1.54) is 141 Å². The summed E-state index contributed by atoms with van der Waals surface area (Å²) < 4.78 is 0. The van der Waals surface area contributed by atoms with Crippen molar-refractivity contribution in [3.05, 3.63) is 0 Å². The lowest BCUT2D eigenvalue weighted by Gasteiger charge is -2.37. The van der Waals surface area contributed by atoms with Crippen LogP contribution in [-0.2, 0) is 0 Å². The van der Waals surface area contributed by atoms with E-state index < -0.39 is 7.42 Å². The zero-order valence-corrected chi connectivity index (χ0v) is 21.1. The average Bonchev–Trinajstić information content (AvgIpc) is 2.68. The number of hydrogen-bond donors (Lipinski definition) is 0. The molecular weight excluding hydrogens is 387 g/mol. The molecule has 0 saturated heterocycles. The average molecular weight is 436 g/mol. The highest BCUT2D eigenvalue weighted by Gasteiger charge is 2.38. The largest absolute Gasteiger partial charge is 0.243 e. The zero-order valence-electron chi connectivity index (χ0n) is 18.4. The van der Waals surface area contributed by atoms with Gasteiger partial charge in [-0.05, 0) is 24.3 Å². The number of hydrogen-bond acceptors (Lipinski definition) is 0. The molecular formula is C24H48Cl2Si. The van der Waals surface area contributed by atoms with E-state index in [1.807, 2.05) is 0 Å². The van der Waals surface area contributed by atoms with Gasteiger partial charge in [0, 0.05) is 0 Å². The van der Waals surface area contributed by atoms with Gasteiger partial charge in [-0.2, -0.15) is 0 Å².